The van der Waals surface area contributed by atoms with E-state index < -0.39 is 0 Å². The molecule has 0 aromatic carbocycles. The van der Waals surface area contributed by atoms with Gasteiger partial charge in [0.05, 0.1) is 5.39 Å². The third kappa shape index (κ3) is 3.66. The second-order valence-electron chi connectivity index (χ2n) is 7.46. The first-order valence-corrected chi connectivity index (χ1v) is 10.5. The first kappa shape index (κ1) is 17.2. The largest absolute Gasteiger partial charge is 0.368 e. The van der Waals surface area contributed by atoms with E-state index in [0.717, 1.165) is 29.7 Å². The molecule has 0 bridgehead atoms. The lowest BCUT2D eigenvalue weighted by Crippen LogP contribution is -2.47. The van der Waals surface area contributed by atoms with Crippen LogP contribution in [-0.4, -0.2) is 65.6 Å². The summed E-state index contributed by atoms with van der Waals surface area (Å²) in [6, 6.07) is 0. The molecule has 25 heavy (non-hydrogen) atoms. The van der Waals surface area contributed by atoms with Gasteiger partial charge in [-0.1, -0.05) is 13.8 Å². The van der Waals surface area contributed by atoms with Gasteiger partial charge in [-0.2, -0.15) is 0 Å². The van der Waals surface area contributed by atoms with Crippen molar-refractivity contribution in [2.75, 3.05) is 51.1 Å². The molecule has 1 saturated heterocycles. The highest BCUT2D eigenvalue weighted by Crippen LogP contribution is 2.39. The summed E-state index contributed by atoms with van der Waals surface area (Å²) in [7, 11) is 0. The molecule has 1 aliphatic heterocycles. The Hall–Kier alpha value is -1.24. The Bertz CT molecular complexity index is 720. The highest BCUT2D eigenvalue weighted by Gasteiger charge is 2.23. The zero-order valence-electron chi connectivity index (χ0n) is 15.4. The summed E-state index contributed by atoms with van der Waals surface area (Å²) in [6.45, 7) is 12.6. The van der Waals surface area contributed by atoms with Crippen LogP contribution in [0.5, 0.6) is 0 Å². The van der Waals surface area contributed by atoms with E-state index in [4.69, 9.17) is 0 Å². The van der Waals surface area contributed by atoms with Crippen LogP contribution < -0.4 is 5.32 Å². The SMILES string of the molecule is CCN1CCN(CCNc2ncnc3sc4c(c23)CCC(C)C4)CC1. The fraction of sp³-hybridized carbons (Fsp3) is 0.684. The maximum atomic E-state index is 4.57. The number of nitrogens with one attached hydrogen (secondary N) is 1. The Morgan fingerprint density at radius 1 is 1.20 bits per heavy atom. The van der Waals surface area contributed by atoms with Gasteiger partial charge in [0.2, 0.25) is 0 Å². The van der Waals surface area contributed by atoms with Gasteiger partial charge in [0, 0.05) is 44.1 Å². The first-order chi connectivity index (χ1) is 12.2. The standard InChI is InChI=1S/C19H29N5S/c1-3-23-8-10-24(11-9-23)7-6-20-18-17-15-5-4-14(2)12-16(15)25-19(17)22-13-21-18/h13-14H,3-12H2,1-2H3,(H,20,21,22). The number of piperazine rings is 1. The number of hydrogen-bond donors (Lipinski definition) is 1. The summed E-state index contributed by atoms with van der Waals surface area (Å²) in [6.07, 6.45) is 5.39. The lowest BCUT2D eigenvalue weighted by atomic mass is 9.89. The number of thiophene rings is 1. The van der Waals surface area contributed by atoms with Crippen molar-refractivity contribution in [1.29, 1.82) is 0 Å². The molecular formula is C19H29N5S. The highest BCUT2D eigenvalue weighted by molar-refractivity contribution is 7.19. The minimum absolute atomic E-state index is 0.798. The molecular weight excluding hydrogens is 330 g/mol. The molecule has 2 aliphatic rings. The van der Waals surface area contributed by atoms with Crippen molar-refractivity contribution in [2.45, 2.75) is 33.1 Å². The van der Waals surface area contributed by atoms with Gasteiger partial charge in [0.1, 0.15) is 17.0 Å². The van der Waals surface area contributed by atoms with Gasteiger partial charge in [-0.25, -0.2) is 9.97 Å². The summed E-state index contributed by atoms with van der Waals surface area (Å²) in [5.41, 5.74) is 1.51. The summed E-state index contributed by atoms with van der Waals surface area (Å²) in [5.74, 6) is 1.84. The Labute approximate surface area is 154 Å². The van der Waals surface area contributed by atoms with Gasteiger partial charge in [-0.05, 0) is 37.3 Å². The lowest BCUT2D eigenvalue weighted by Gasteiger charge is -2.34. The highest BCUT2D eigenvalue weighted by atomic mass is 32.1. The molecule has 0 spiro atoms. The number of aryl methyl sites for hydroxylation is 1. The summed E-state index contributed by atoms with van der Waals surface area (Å²) < 4.78 is 0. The molecule has 0 radical (unpaired) electrons. The number of anilines is 1. The van der Waals surface area contributed by atoms with Crippen LogP contribution in [-0.2, 0) is 12.8 Å². The third-order valence-electron chi connectivity index (χ3n) is 5.72. The van der Waals surface area contributed by atoms with Crippen LogP contribution in [0.2, 0.25) is 0 Å². The fourth-order valence-electron chi connectivity index (χ4n) is 4.07. The van der Waals surface area contributed by atoms with Crippen LogP contribution in [0, 0.1) is 5.92 Å². The Kier molecular flexibility index (Phi) is 5.20. The average molecular weight is 360 g/mol. The number of fused-ring (bicyclic) bond motifs is 3. The molecule has 5 nitrogen and oxygen atoms in total. The van der Waals surface area contributed by atoms with Crippen molar-refractivity contribution in [1.82, 2.24) is 19.8 Å². The Morgan fingerprint density at radius 2 is 2.00 bits per heavy atom. The lowest BCUT2D eigenvalue weighted by molar-refractivity contribution is 0.141. The van der Waals surface area contributed by atoms with E-state index in [0.29, 0.717) is 0 Å². The average Bonchev–Trinajstić information content (AvgIpc) is 3.00. The van der Waals surface area contributed by atoms with Crippen molar-refractivity contribution in [3.05, 3.63) is 16.8 Å². The minimum Gasteiger partial charge on any atom is -0.368 e. The predicted octanol–water partition coefficient (Wildman–Crippen LogP) is 2.87. The topological polar surface area (TPSA) is 44.3 Å². The second-order valence-corrected chi connectivity index (χ2v) is 8.54. The quantitative estimate of drug-likeness (QED) is 0.889. The predicted molar refractivity (Wildman–Crippen MR) is 106 cm³/mol. The second kappa shape index (κ2) is 7.56. The minimum atomic E-state index is 0.798. The number of rotatable bonds is 5. The van der Waals surface area contributed by atoms with Crippen molar-refractivity contribution in [3.8, 4) is 0 Å². The smallest absolute Gasteiger partial charge is 0.138 e. The van der Waals surface area contributed by atoms with Crippen molar-refractivity contribution in [2.24, 2.45) is 5.92 Å². The van der Waals surface area contributed by atoms with Gasteiger partial charge >= 0.3 is 0 Å². The van der Waals surface area contributed by atoms with Crippen molar-refractivity contribution >= 4 is 27.4 Å². The van der Waals surface area contributed by atoms with Crippen LogP contribution in [0.4, 0.5) is 5.82 Å². The van der Waals surface area contributed by atoms with Gasteiger partial charge in [0.25, 0.3) is 0 Å². The van der Waals surface area contributed by atoms with E-state index in [9.17, 15) is 0 Å². The zero-order chi connectivity index (χ0) is 17.2. The summed E-state index contributed by atoms with van der Waals surface area (Å²) in [4.78, 5) is 16.9. The molecule has 3 heterocycles. The van der Waals surface area contributed by atoms with Crippen LogP contribution in [0.15, 0.2) is 6.33 Å². The third-order valence-corrected chi connectivity index (χ3v) is 6.89. The molecule has 0 saturated carbocycles. The normalized spacial score (nSPS) is 22.2. The maximum absolute atomic E-state index is 4.57. The fourth-order valence-corrected chi connectivity index (χ4v) is 5.42. The molecule has 1 unspecified atom stereocenters. The van der Waals surface area contributed by atoms with Gasteiger partial charge in [0.15, 0.2) is 0 Å². The van der Waals surface area contributed by atoms with E-state index in [2.05, 4.69) is 38.9 Å². The zero-order valence-corrected chi connectivity index (χ0v) is 16.2. The molecule has 6 heteroatoms. The summed E-state index contributed by atoms with van der Waals surface area (Å²) in [5, 5.41) is 4.90. The maximum Gasteiger partial charge on any atom is 0.138 e. The van der Waals surface area contributed by atoms with Crippen LogP contribution >= 0.6 is 11.3 Å². The molecule has 2 aromatic rings. The molecule has 1 atom stereocenters. The van der Waals surface area contributed by atoms with E-state index in [1.807, 2.05) is 11.3 Å². The van der Waals surface area contributed by atoms with E-state index >= 15 is 0 Å². The number of aromatic nitrogens is 2. The van der Waals surface area contributed by atoms with Gasteiger partial charge in [-0.3, -0.25) is 4.90 Å². The molecule has 1 aliphatic carbocycles. The molecule has 136 valence electrons. The molecule has 1 fully saturated rings. The number of nitrogens with zero attached hydrogens (tertiary/aromatic N) is 4. The van der Waals surface area contributed by atoms with E-state index in [1.165, 1.54) is 67.8 Å². The van der Waals surface area contributed by atoms with Crippen molar-refractivity contribution < 1.29 is 0 Å². The number of likely N-dealkylation sites (N-methyl/N-ethyl adjacent to an activating group) is 1. The van der Waals surface area contributed by atoms with Gasteiger partial charge in [-0.15, -0.1) is 11.3 Å². The molecule has 2 aromatic heterocycles. The Balaban J connectivity index is 1.42. The molecule has 4 rings (SSSR count). The number of hydrogen-bond acceptors (Lipinski definition) is 6. The van der Waals surface area contributed by atoms with Crippen molar-refractivity contribution in [3.63, 3.8) is 0 Å². The van der Waals surface area contributed by atoms with Gasteiger partial charge < -0.3 is 10.2 Å². The van der Waals surface area contributed by atoms with E-state index in [1.54, 1.807) is 6.33 Å². The molecule has 1 N–H and O–H groups in total. The Morgan fingerprint density at radius 3 is 2.80 bits per heavy atom. The summed E-state index contributed by atoms with van der Waals surface area (Å²) >= 11 is 1.87. The molecule has 0 amide bonds. The van der Waals surface area contributed by atoms with Crippen LogP contribution in [0.25, 0.3) is 10.2 Å². The monoisotopic (exact) mass is 359 g/mol. The van der Waals surface area contributed by atoms with Crippen LogP contribution in [0.3, 0.4) is 0 Å². The van der Waals surface area contributed by atoms with E-state index in [-0.39, 0.29) is 0 Å². The van der Waals surface area contributed by atoms with Crippen LogP contribution in [0.1, 0.15) is 30.7 Å². The first-order valence-electron chi connectivity index (χ1n) is 9.68.